The zero-order chi connectivity index (χ0) is 18.6. The van der Waals surface area contributed by atoms with Crippen molar-refractivity contribution in [3.8, 4) is 12.1 Å². The minimum absolute atomic E-state index is 0. The summed E-state index contributed by atoms with van der Waals surface area (Å²) in [6.07, 6.45) is 5.11. The Balaban J connectivity index is 0.00000196. The summed E-state index contributed by atoms with van der Waals surface area (Å²) in [7, 11) is 0. The van der Waals surface area contributed by atoms with Crippen molar-refractivity contribution in [2.75, 3.05) is 31.1 Å². The lowest BCUT2D eigenvalue weighted by atomic mass is 9.89. The van der Waals surface area contributed by atoms with Gasteiger partial charge in [-0.25, -0.2) is 4.98 Å². The number of nitriles is 2. The summed E-state index contributed by atoms with van der Waals surface area (Å²) in [5, 5.41) is 21.4. The monoisotopic (exact) mass is 424 g/mol. The summed E-state index contributed by atoms with van der Waals surface area (Å²) in [6.45, 7) is 4.81. The molecule has 1 atom stereocenters. The summed E-state index contributed by atoms with van der Waals surface area (Å²) in [5.74, 6) is 0.905. The lowest BCUT2D eigenvalue weighted by Gasteiger charge is -2.40. The molecule has 0 spiro atoms. The van der Waals surface area contributed by atoms with E-state index in [1.54, 1.807) is 17.2 Å². The number of hydrogen-bond acceptors (Lipinski definition) is 6. The standard InChI is InChI=1S/C19H24N6O.2ClH/c1-19(23-14-18(26)25-8-2-3-16(25)12-21)6-9-24(10-7-19)17-5-4-15(11-20)13-22-17;;/h4-5,13,16,23H,2-3,6-10,14H2,1H3;2*1H. The van der Waals surface area contributed by atoms with E-state index in [1.807, 2.05) is 6.07 Å². The molecule has 2 aliphatic rings. The summed E-state index contributed by atoms with van der Waals surface area (Å²) >= 11 is 0. The molecule has 0 aliphatic carbocycles. The lowest BCUT2D eigenvalue weighted by Crippen LogP contribution is -2.54. The normalized spacial score (nSPS) is 20.3. The van der Waals surface area contributed by atoms with Crippen molar-refractivity contribution in [1.29, 1.82) is 10.5 Å². The molecule has 28 heavy (non-hydrogen) atoms. The van der Waals surface area contributed by atoms with Crippen molar-refractivity contribution < 1.29 is 4.79 Å². The Kier molecular flexibility index (Phi) is 8.97. The van der Waals surface area contributed by atoms with Crippen LogP contribution in [0.4, 0.5) is 5.82 Å². The molecule has 0 bridgehead atoms. The molecule has 3 rings (SSSR count). The third kappa shape index (κ3) is 5.48. The van der Waals surface area contributed by atoms with Gasteiger partial charge in [-0.15, -0.1) is 24.8 Å². The topological polar surface area (TPSA) is 96.0 Å². The average molecular weight is 425 g/mol. The van der Waals surface area contributed by atoms with E-state index in [0.29, 0.717) is 12.1 Å². The fraction of sp³-hybridized carbons (Fsp3) is 0.579. The van der Waals surface area contributed by atoms with Gasteiger partial charge in [-0.05, 0) is 44.7 Å². The number of halogens is 2. The predicted molar refractivity (Wildman–Crippen MR) is 112 cm³/mol. The zero-order valence-corrected chi connectivity index (χ0v) is 17.6. The minimum Gasteiger partial charge on any atom is -0.356 e. The van der Waals surface area contributed by atoms with Crippen LogP contribution in [0.15, 0.2) is 18.3 Å². The van der Waals surface area contributed by atoms with Gasteiger partial charge >= 0.3 is 0 Å². The Morgan fingerprint density at radius 1 is 1.29 bits per heavy atom. The van der Waals surface area contributed by atoms with Gasteiger partial charge in [0.05, 0.1) is 18.2 Å². The first kappa shape index (κ1) is 24.0. The highest BCUT2D eigenvalue weighted by Crippen LogP contribution is 2.25. The second-order valence-electron chi connectivity index (χ2n) is 7.29. The molecule has 2 fully saturated rings. The summed E-state index contributed by atoms with van der Waals surface area (Å²) < 4.78 is 0. The third-order valence-electron chi connectivity index (χ3n) is 5.46. The van der Waals surface area contributed by atoms with Crippen LogP contribution >= 0.6 is 24.8 Å². The van der Waals surface area contributed by atoms with Gasteiger partial charge < -0.3 is 15.1 Å². The number of nitrogens with one attached hydrogen (secondary N) is 1. The van der Waals surface area contributed by atoms with Crippen molar-refractivity contribution in [3.63, 3.8) is 0 Å². The number of aromatic nitrogens is 1. The van der Waals surface area contributed by atoms with E-state index in [-0.39, 0.29) is 48.8 Å². The quantitative estimate of drug-likeness (QED) is 0.795. The van der Waals surface area contributed by atoms with Crippen LogP contribution in [0.25, 0.3) is 0 Å². The molecule has 0 radical (unpaired) electrons. The van der Waals surface area contributed by atoms with E-state index >= 15 is 0 Å². The van der Waals surface area contributed by atoms with Gasteiger partial charge in [-0.2, -0.15) is 10.5 Å². The predicted octanol–water partition coefficient (Wildman–Crippen LogP) is 2.26. The first-order chi connectivity index (χ1) is 12.5. The number of hydrogen-bond donors (Lipinski definition) is 1. The number of nitrogens with zero attached hydrogens (tertiary/aromatic N) is 5. The summed E-state index contributed by atoms with van der Waals surface area (Å²) in [4.78, 5) is 20.7. The van der Waals surface area contributed by atoms with Gasteiger partial charge in [0.15, 0.2) is 0 Å². The minimum atomic E-state index is -0.263. The van der Waals surface area contributed by atoms with Crippen LogP contribution in [0.2, 0.25) is 0 Å². The highest BCUT2D eigenvalue weighted by molar-refractivity contribution is 5.85. The Bertz CT molecular complexity index is 734. The molecule has 2 aliphatic heterocycles. The molecule has 7 nitrogen and oxygen atoms in total. The number of anilines is 1. The van der Waals surface area contributed by atoms with Gasteiger partial charge in [-0.1, -0.05) is 0 Å². The maximum absolute atomic E-state index is 12.4. The smallest absolute Gasteiger partial charge is 0.237 e. The maximum Gasteiger partial charge on any atom is 0.237 e. The van der Waals surface area contributed by atoms with Crippen molar-refractivity contribution in [2.24, 2.45) is 0 Å². The summed E-state index contributed by atoms with van der Waals surface area (Å²) in [5.41, 5.74) is 0.467. The van der Waals surface area contributed by atoms with Gasteiger partial charge in [0.25, 0.3) is 0 Å². The Labute approximate surface area is 178 Å². The van der Waals surface area contributed by atoms with Crippen LogP contribution in [-0.2, 0) is 4.79 Å². The Morgan fingerprint density at radius 3 is 2.57 bits per heavy atom. The van der Waals surface area contributed by atoms with Gasteiger partial charge in [-0.3, -0.25) is 4.79 Å². The second kappa shape index (κ2) is 10.5. The largest absolute Gasteiger partial charge is 0.356 e. The number of piperidine rings is 1. The molecular weight excluding hydrogens is 399 g/mol. The molecular formula is C19H26Cl2N6O. The van der Waals surface area contributed by atoms with Crippen molar-refractivity contribution >= 4 is 36.5 Å². The summed E-state index contributed by atoms with van der Waals surface area (Å²) in [6, 6.07) is 7.71. The van der Waals surface area contributed by atoms with Gasteiger partial charge in [0, 0.05) is 31.4 Å². The molecule has 1 unspecified atom stereocenters. The molecule has 1 aromatic heterocycles. The van der Waals surface area contributed by atoms with E-state index < -0.39 is 0 Å². The van der Waals surface area contributed by atoms with Crippen LogP contribution in [0.3, 0.4) is 0 Å². The van der Waals surface area contributed by atoms with Gasteiger partial charge in [0.1, 0.15) is 17.9 Å². The molecule has 1 amide bonds. The maximum atomic E-state index is 12.4. The molecule has 152 valence electrons. The van der Waals surface area contributed by atoms with Crippen LogP contribution in [0, 0.1) is 22.7 Å². The lowest BCUT2D eigenvalue weighted by molar-refractivity contribution is -0.130. The highest BCUT2D eigenvalue weighted by atomic mass is 35.5. The first-order valence-electron chi connectivity index (χ1n) is 9.10. The molecule has 2 saturated heterocycles. The molecule has 9 heteroatoms. The second-order valence-corrected chi connectivity index (χ2v) is 7.29. The van der Waals surface area contributed by atoms with Crippen LogP contribution in [-0.4, -0.2) is 53.6 Å². The van der Waals surface area contributed by atoms with Crippen molar-refractivity contribution in [1.82, 2.24) is 15.2 Å². The van der Waals surface area contributed by atoms with Crippen molar-refractivity contribution in [2.45, 2.75) is 44.2 Å². The number of carbonyl (C=O) groups excluding carboxylic acids is 1. The Hall–Kier alpha value is -2.06. The van der Waals surface area contributed by atoms with Crippen LogP contribution < -0.4 is 10.2 Å². The van der Waals surface area contributed by atoms with E-state index in [2.05, 4.69) is 34.3 Å². The Morgan fingerprint density at radius 2 is 2.00 bits per heavy atom. The average Bonchev–Trinajstić information content (AvgIpc) is 3.16. The fourth-order valence-electron chi connectivity index (χ4n) is 3.64. The van der Waals surface area contributed by atoms with E-state index in [9.17, 15) is 4.79 Å². The number of pyridine rings is 1. The van der Waals surface area contributed by atoms with E-state index in [1.165, 1.54) is 0 Å². The first-order valence-corrected chi connectivity index (χ1v) is 9.10. The molecule has 1 N–H and O–H groups in total. The highest BCUT2D eigenvalue weighted by Gasteiger charge is 2.33. The van der Waals surface area contributed by atoms with Crippen molar-refractivity contribution in [3.05, 3.63) is 23.9 Å². The van der Waals surface area contributed by atoms with Crippen LogP contribution in [0.1, 0.15) is 38.2 Å². The third-order valence-corrected chi connectivity index (χ3v) is 5.46. The number of likely N-dealkylation sites (tertiary alicyclic amines) is 1. The fourth-order valence-corrected chi connectivity index (χ4v) is 3.64. The number of rotatable bonds is 4. The van der Waals surface area contributed by atoms with E-state index in [0.717, 1.165) is 44.6 Å². The van der Waals surface area contributed by atoms with E-state index in [4.69, 9.17) is 10.5 Å². The number of amides is 1. The molecule has 1 aromatic rings. The SMILES string of the molecule is CC1(NCC(=O)N2CCCC2C#N)CCN(c2ccc(C#N)cn2)CC1.Cl.Cl. The molecule has 3 heterocycles. The zero-order valence-electron chi connectivity index (χ0n) is 15.9. The van der Waals surface area contributed by atoms with Crippen LogP contribution in [0.5, 0.6) is 0 Å². The number of carbonyl (C=O) groups is 1. The molecule has 0 saturated carbocycles. The van der Waals surface area contributed by atoms with Gasteiger partial charge in [0.2, 0.25) is 5.91 Å². The molecule has 0 aromatic carbocycles.